The van der Waals surface area contributed by atoms with E-state index >= 15 is 0 Å². The highest BCUT2D eigenvalue weighted by atomic mass is 16.5. The standard InChI is InChI=1S/C16H21NO4/c1-21-14-5-3-2-4-12(14)8-9-15(18)17-13(10-16(19)20)11-6-7-11/h2-5,11,13H,6-10H2,1H3,(H,17,18)(H,19,20). The molecule has 1 aliphatic carbocycles. The van der Waals surface area contributed by atoms with E-state index in [1.165, 1.54) is 0 Å². The molecule has 0 spiro atoms. The molecule has 0 aromatic heterocycles. The molecule has 1 saturated carbocycles. The Morgan fingerprint density at radius 3 is 2.71 bits per heavy atom. The smallest absolute Gasteiger partial charge is 0.305 e. The summed E-state index contributed by atoms with van der Waals surface area (Å²) in [6.07, 6.45) is 2.93. The lowest BCUT2D eigenvalue weighted by molar-refractivity contribution is -0.137. The second-order valence-electron chi connectivity index (χ2n) is 5.42. The molecule has 114 valence electrons. The van der Waals surface area contributed by atoms with Crippen LogP contribution in [0.4, 0.5) is 0 Å². The first-order valence-corrected chi connectivity index (χ1v) is 7.23. The molecule has 1 aromatic rings. The van der Waals surface area contributed by atoms with Gasteiger partial charge in [-0.2, -0.15) is 0 Å². The monoisotopic (exact) mass is 291 g/mol. The molecule has 0 radical (unpaired) electrons. The van der Waals surface area contributed by atoms with Gasteiger partial charge in [-0.25, -0.2) is 0 Å². The van der Waals surface area contributed by atoms with Gasteiger partial charge >= 0.3 is 5.97 Å². The third kappa shape index (κ3) is 4.77. The Bertz CT molecular complexity index is 511. The molecule has 21 heavy (non-hydrogen) atoms. The van der Waals surface area contributed by atoms with E-state index in [1.807, 2.05) is 24.3 Å². The van der Waals surface area contributed by atoms with Crippen LogP contribution >= 0.6 is 0 Å². The van der Waals surface area contributed by atoms with E-state index in [1.54, 1.807) is 7.11 Å². The first-order chi connectivity index (χ1) is 10.1. The molecule has 0 bridgehead atoms. The second-order valence-corrected chi connectivity index (χ2v) is 5.42. The topological polar surface area (TPSA) is 75.6 Å². The lowest BCUT2D eigenvalue weighted by Gasteiger charge is -2.16. The van der Waals surface area contributed by atoms with Crippen LogP contribution in [0.5, 0.6) is 5.75 Å². The number of hydrogen-bond donors (Lipinski definition) is 2. The number of carboxylic acid groups (broad SMARTS) is 1. The molecular formula is C16H21NO4. The van der Waals surface area contributed by atoms with Crippen molar-refractivity contribution in [1.82, 2.24) is 5.32 Å². The van der Waals surface area contributed by atoms with E-state index < -0.39 is 5.97 Å². The average molecular weight is 291 g/mol. The lowest BCUT2D eigenvalue weighted by atomic mass is 10.1. The van der Waals surface area contributed by atoms with E-state index in [2.05, 4.69) is 5.32 Å². The second kappa shape index (κ2) is 7.11. The number of nitrogens with one attached hydrogen (secondary N) is 1. The third-order valence-electron chi connectivity index (χ3n) is 3.75. The lowest BCUT2D eigenvalue weighted by Crippen LogP contribution is -2.38. The van der Waals surface area contributed by atoms with Gasteiger partial charge < -0.3 is 15.2 Å². The molecular weight excluding hydrogens is 270 g/mol. The summed E-state index contributed by atoms with van der Waals surface area (Å²) in [7, 11) is 1.61. The Kier molecular flexibility index (Phi) is 5.20. The number of methoxy groups -OCH3 is 1. The molecule has 5 nitrogen and oxygen atoms in total. The maximum absolute atomic E-state index is 12.0. The summed E-state index contributed by atoms with van der Waals surface area (Å²) < 4.78 is 5.25. The zero-order valence-electron chi connectivity index (χ0n) is 12.2. The molecule has 1 aromatic carbocycles. The van der Waals surface area contributed by atoms with Crippen molar-refractivity contribution in [2.24, 2.45) is 5.92 Å². The zero-order chi connectivity index (χ0) is 15.2. The largest absolute Gasteiger partial charge is 0.496 e. The first kappa shape index (κ1) is 15.4. The predicted octanol–water partition coefficient (Wildman–Crippen LogP) is 2.00. The number of para-hydroxylation sites is 1. The molecule has 0 aliphatic heterocycles. The maximum atomic E-state index is 12.0. The minimum absolute atomic E-state index is 0.00502. The first-order valence-electron chi connectivity index (χ1n) is 7.23. The van der Waals surface area contributed by atoms with Gasteiger partial charge in [-0.1, -0.05) is 18.2 Å². The molecule has 1 amide bonds. The fraction of sp³-hybridized carbons (Fsp3) is 0.500. The number of carbonyl (C=O) groups is 2. The minimum atomic E-state index is -0.864. The van der Waals surface area contributed by atoms with Crippen molar-refractivity contribution in [1.29, 1.82) is 0 Å². The van der Waals surface area contributed by atoms with Gasteiger partial charge in [0.1, 0.15) is 5.75 Å². The van der Waals surface area contributed by atoms with Crippen LogP contribution in [0.2, 0.25) is 0 Å². The van der Waals surface area contributed by atoms with E-state index in [4.69, 9.17) is 9.84 Å². The number of aliphatic carboxylic acids is 1. The van der Waals surface area contributed by atoms with Gasteiger partial charge in [0.2, 0.25) is 5.91 Å². The summed E-state index contributed by atoms with van der Waals surface area (Å²) in [5, 5.41) is 11.7. The van der Waals surface area contributed by atoms with Crippen LogP contribution in [0.3, 0.4) is 0 Å². The van der Waals surface area contributed by atoms with Gasteiger partial charge in [0, 0.05) is 12.5 Å². The van der Waals surface area contributed by atoms with Gasteiger partial charge in [-0.15, -0.1) is 0 Å². The molecule has 5 heteroatoms. The zero-order valence-corrected chi connectivity index (χ0v) is 12.2. The van der Waals surface area contributed by atoms with Crippen LogP contribution in [-0.4, -0.2) is 30.1 Å². The average Bonchev–Trinajstić information content (AvgIpc) is 3.29. The molecule has 1 atom stereocenters. The Balaban J connectivity index is 1.84. The fourth-order valence-electron chi connectivity index (χ4n) is 2.46. The number of hydrogen-bond acceptors (Lipinski definition) is 3. The van der Waals surface area contributed by atoms with Crippen molar-refractivity contribution >= 4 is 11.9 Å². The Morgan fingerprint density at radius 1 is 1.38 bits per heavy atom. The fourth-order valence-corrected chi connectivity index (χ4v) is 2.46. The van der Waals surface area contributed by atoms with Crippen LogP contribution < -0.4 is 10.1 Å². The predicted molar refractivity (Wildman–Crippen MR) is 78.2 cm³/mol. The van der Waals surface area contributed by atoms with Gasteiger partial charge in [-0.3, -0.25) is 9.59 Å². The number of carboxylic acids is 1. The third-order valence-corrected chi connectivity index (χ3v) is 3.75. The number of amides is 1. The molecule has 0 heterocycles. The normalized spacial score (nSPS) is 15.3. The minimum Gasteiger partial charge on any atom is -0.496 e. The van der Waals surface area contributed by atoms with Crippen molar-refractivity contribution < 1.29 is 19.4 Å². The number of aryl methyl sites for hydroxylation is 1. The highest BCUT2D eigenvalue weighted by Gasteiger charge is 2.33. The number of rotatable bonds is 8. The maximum Gasteiger partial charge on any atom is 0.305 e. The van der Waals surface area contributed by atoms with Crippen molar-refractivity contribution in [3.8, 4) is 5.75 Å². The Labute approximate surface area is 124 Å². The summed E-state index contributed by atoms with van der Waals surface area (Å²) in [6, 6.07) is 7.37. The summed E-state index contributed by atoms with van der Waals surface area (Å²) in [6.45, 7) is 0. The van der Waals surface area contributed by atoms with Crippen molar-refractivity contribution in [3.63, 3.8) is 0 Å². The summed E-state index contributed by atoms with van der Waals surface area (Å²) >= 11 is 0. The Hall–Kier alpha value is -2.04. The van der Waals surface area contributed by atoms with E-state index in [-0.39, 0.29) is 18.4 Å². The SMILES string of the molecule is COc1ccccc1CCC(=O)NC(CC(=O)O)C1CC1. The van der Waals surface area contributed by atoms with Crippen LogP contribution in [0.1, 0.15) is 31.2 Å². The Morgan fingerprint density at radius 2 is 2.10 bits per heavy atom. The van der Waals surface area contributed by atoms with E-state index in [0.717, 1.165) is 24.2 Å². The molecule has 2 rings (SSSR count). The summed E-state index contributed by atoms with van der Waals surface area (Å²) in [5.74, 6) is 0.141. The van der Waals surface area contributed by atoms with Crippen LogP contribution in [0.15, 0.2) is 24.3 Å². The number of ether oxygens (including phenoxy) is 1. The van der Waals surface area contributed by atoms with Crippen molar-refractivity contribution in [2.75, 3.05) is 7.11 Å². The quantitative estimate of drug-likeness (QED) is 0.768. The van der Waals surface area contributed by atoms with Gasteiger partial charge in [0.05, 0.1) is 13.5 Å². The number of carbonyl (C=O) groups excluding carboxylic acids is 1. The van der Waals surface area contributed by atoms with Gasteiger partial charge in [0.25, 0.3) is 0 Å². The summed E-state index contributed by atoms with van der Waals surface area (Å²) in [4.78, 5) is 22.8. The molecule has 2 N–H and O–H groups in total. The molecule has 0 saturated heterocycles. The molecule has 1 aliphatic rings. The van der Waals surface area contributed by atoms with E-state index in [9.17, 15) is 9.59 Å². The van der Waals surface area contributed by atoms with Gasteiger partial charge in [0.15, 0.2) is 0 Å². The van der Waals surface area contributed by atoms with Crippen LogP contribution in [0.25, 0.3) is 0 Å². The van der Waals surface area contributed by atoms with Gasteiger partial charge in [-0.05, 0) is 36.8 Å². The van der Waals surface area contributed by atoms with Crippen molar-refractivity contribution in [3.05, 3.63) is 29.8 Å². The molecule has 1 fully saturated rings. The summed E-state index contributed by atoms with van der Waals surface area (Å²) in [5.41, 5.74) is 0.983. The van der Waals surface area contributed by atoms with Crippen molar-refractivity contribution in [2.45, 2.75) is 38.1 Å². The molecule has 1 unspecified atom stereocenters. The highest BCUT2D eigenvalue weighted by molar-refractivity contribution is 5.77. The van der Waals surface area contributed by atoms with Crippen LogP contribution in [0, 0.1) is 5.92 Å². The van der Waals surface area contributed by atoms with Crippen LogP contribution in [-0.2, 0) is 16.0 Å². The highest BCUT2D eigenvalue weighted by Crippen LogP contribution is 2.34. The van der Waals surface area contributed by atoms with E-state index in [0.29, 0.717) is 18.8 Å². The number of benzene rings is 1.